The molecule has 26 heavy (non-hydrogen) atoms. The third kappa shape index (κ3) is 8.67. The average molecular weight is 509 g/mol. The Labute approximate surface area is 187 Å². The van der Waals surface area contributed by atoms with Gasteiger partial charge in [0.25, 0.3) is 0 Å². The van der Waals surface area contributed by atoms with Crippen LogP contribution in [0.3, 0.4) is 0 Å². The Morgan fingerprint density at radius 2 is 1.65 bits per heavy atom. The van der Waals surface area contributed by atoms with Gasteiger partial charge in [-0.1, -0.05) is 41.9 Å². The molecule has 3 saturated carbocycles. The molecule has 3 aliphatic carbocycles. The Kier molecular flexibility index (Phi) is 13.8. The van der Waals surface area contributed by atoms with E-state index in [0.717, 1.165) is 12.5 Å². The zero-order chi connectivity index (χ0) is 18.1. The van der Waals surface area contributed by atoms with Gasteiger partial charge in [-0.2, -0.15) is 0 Å². The molecule has 0 heterocycles. The minimum atomic E-state index is 0. The fourth-order valence-corrected chi connectivity index (χ4v) is 4.39. The van der Waals surface area contributed by atoms with E-state index in [1.807, 2.05) is 39.2 Å². The monoisotopic (exact) mass is 509 g/mol. The summed E-state index contributed by atoms with van der Waals surface area (Å²) < 4.78 is 7.20. The molecule has 3 aliphatic rings. The van der Waals surface area contributed by atoms with Crippen molar-refractivity contribution in [2.75, 3.05) is 20.7 Å². The molecule has 0 bridgehead atoms. The number of hydrogen-bond donors (Lipinski definition) is 0. The van der Waals surface area contributed by atoms with Crippen LogP contribution in [0.1, 0.15) is 39.0 Å². The summed E-state index contributed by atoms with van der Waals surface area (Å²) in [5.41, 5.74) is 0. The molecule has 0 aromatic rings. The Bertz CT molecular complexity index is 339. The van der Waals surface area contributed by atoms with Crippen LogP contribution in [0.25, 0.3) is 0 Å². The Morgan fingerprint density at radius 3 is 2.12 bits per heavy atom. The Morgan fingerprint density at radius 1 is 1.08 bits per heavy atom. The predicted octanol–water partition coefficient (Wildman–Crippen LogP) is 5.09. The fourth-order valence-electron chi connectivity index (χ4n) is 3.81. The molecule has 0 amide bonds. The smallest absolute Gasteiger partial charge is 0.380 e. The molecule has 0 saturated heterocycles. The van der Waals surface area contributed by atoms with E-state index in [1.165, 1.54) is 41.9 Å². The summed E-state index contributed by atoms with van der Waals surface area (Å²) in [6.45, 7) is 3.33. The normalized spacial score (nSPS) is 24.8. The largest absolute Gasteiger partial charge is 2.00 e. The van der Waals surface area contributed by atoms with Crippen molar-refractivity contribution < 1.29 is 21.8 Å². The van der Waals surface area contributed by atoms with E-state index in [-0.39, 0.29) is 17.1 Å². The minimum Gasteiger partial charge on any atom is -0.380 e. The number of nitrogens with zero attached hydrogens (tertiary/aromatic N) is 1. The second kappa shape index (κ2) is 14.2. The molecule has 0 aliphatic heterocycles. The summed E-state index contributed by atoms with van der Waals surface area (Å²) in [5, 5.41) is 0. The average Bonchev–Trinajstić information content (AvgIpc) is 3.31. The molecule has 2 nitrogen and oxygen atoms in total. The molecule has 3 fully saturated rings. The summed E-state index contributed by atoms with van der Waals surface area (Å²) in [7, 11) is 4.11. The molecule has 2 atom stereocenters. The molecular weight excluding hydrogens is 477 g/mol. The van der Waals surface area contributed by atoms with Crippen molar-refractivity contribution in [1.82, 2.24) is 4.90 Å². The SMILES string of the molecule is CO[C@H](C1CCCCC1)[C@H](C)N(C)C[C]1[CH][CH][C](I)[CH]1.[CH]1[CH][CH][CH][CH]1.[Fe+2]. The van der Waals surface area contributed by atoms with Crippen molar-refractivity contribution in [2.24, 2.45) is 5.92 Å². The number of hydrogen-bond acceptors (Lipinski definition) is 2. The van der Waals surface area contributed by atoms with Gasteiger partial charge in [0.1, 0.15) is 0 Å². The van der Waals surface area contributed by atoms with E-state index in [0.29, 0.717) is 12.1 Å². The molecule has 144 valence electrons. The van der Waals surface area contributed by atoms with E-state index < -0.39 is 0 Å². The van der Waals surface area contributed by atoms with Gasteiger partial charge in [0.15, 0.2) is 0 Å². The Balaban J connectivity index is 0.000000486. The first-order valence-corrected chi connectivity index (χ1v) is 10.5. The Hall–Kier alpha value is 1.17. The van der Waals surface area contributed by atoms with Crippen molar-refractivity contribution in [3.63, 3.8) is 0 Å². The van der Waals surface area contributed by atoms with Crippen molar-refractivity contribution in [1.29, 1.82) is 0 Å². The number of rotatable bonds is 6. The predicted molar refractivity (Wildman–Crippen MR) is 114 cm³/mol. The summed E-state index contributed by atoms with van der Waals surface area (Å²) in [4.78, 5) is 2.44. The summed E-state index contributed by atoms with van der Waals surface area (Å²) >= 11 is 2.38. The molecule has 0 aromatic heterocycles. The minimum absolute atomic E-state index is 0. The van der Waals surface area contributed by atoms with Crippen LogP contribution >= 0.6 is 22.6 Å². The van der Waals surface area contributed by atoms with E-state index in [2.05, 4.69) is 60.7 Å². The first-order valence-electron chi connectivity index (χ1n) is 9.42. The van der Waals surface area contributed by atoms with Crippen molar-refractivity contribution in [3.05, 3.63) is 61.2 Å². The van der Waals surface area contributed by atoms with Crippen LogP contribution in [0.5, 0.6) is 0 Å². The number of methoxy groups -OCH3 is 1. The van der Waals surface area contributed by atoms with Gasteiger partial charge in [-0.05, 0) is 90.0 Å². The first-order chi connectivity index (χ1) is 12.1. The molecule has 0 spiro atoms. The quantitative estimate of drug-likeness (QED) is 0.366. The van der Waals surface area contributed by atoms with E-state index in [1.54, 1.807) is 0 Å². The van der Waals surface area contributed by atoms with Crippen LogP contribution in [0.4, 0.5) is 0 Å². The summed E-state index contributed by atoms with van der Waals surface area (Å²) in [5.74, 6) is 2.15. The maximum atomic E-state index is 5.87. The van der Waals surface area contributed by atoms with Gasteiger partial charge < -0.3 is 9.64 Å². The molecular formula is C22H32FeINO+2. The van der Waals surface area contributed by atoms with Crippen molar-refractivity contribution >= 4 is 22.6 Å². The maximum absolute atomic E-state index is 5.87. The topological polar surface area (TPSA) is 12.5 Å². The van der Waals surface area contributed by atoms with Crippen LogP contribution in [0.2, 0.25) is 0 Å². The second-order valence-electron chi connectivity index (χ2n) is 7.15. The van der Waals surface area contributed by atoms with Crippen LogP contribution < -0.4 is 0 Å². The third-order valence-corrected chi connectivity index (χ3v) is 6.00. The van der Waals surface area contributed by atoms with E-state index in [4.69, 9.17) is 4.74 Å². The van der Waals surface area contributed by atoms with Gasteiger partial charge in [-0.3, -0.25) is 0 Å². The third-order valence-electron chi connectivity index (χ3n) is 5.32. The molecule has 0 N–H and O–H groups in total. The zero-order valence-electron chi connectivity index (χ0n) is 16.2. The maximum Gasteiger partial charge on any atom is 2.00 e. The van der Waals surface area contributed by atoms with Gasteiger partial charge >= 0.3 is 17.1 Å². The summed E-state index contributed by atoms with van der Waals surface area (Å²) in [6, 6.07) is 0.468. The standard InChI is InChI=1S/C17H27INO.C5H5.Fe/c1-13(17(20-3)15-7-5-4-6-8-15)19(2)12-14-9-10-16(18)11-14;1-2-4-5-3-1;/h9-11,13,15,17H,4-8,12H2,1-3H3;1-5H;/q;;+2/t13-,17-;;/m0../s1. The van der Waals surface area contributed by atoms with Crippen LogP contribution in [-0.2, 0) is 21.8 Å². The summed E-state index contributed by atoms with van der Waals surface area (Å²) in [6.07, 6.45) is 23.9. The fraction of sp³-hybridized carbons (Fsp3) is 0.545. The van der Waals surface area contributed by atoms with Crippen molar-refractivity contribution in [2.45, 2.75) is 51.2 Å². The molecule has 4 heteroatoms. The molecule has 0 aromatic carbocycles. The molecule has 0 unspecified atom stereocenters. The van der Waals surface area contributed by atoms with Gasteiger partial charge in [0.2, 0.25) is 0 Å². The van der Waals surface area contributed by atoms with E-state index >= 15 is 0 Å². The zero-order valence-corrected chi connectivity index (χ0v) is 19.4. The first kappa shape index (κ1) is 25.2. The van der Waals surface area contributed by atoms with Gasteiger partial charge in [0, 0.05) is 23.6 Å². The van der Waals surface area contributed by atoms with Crippen LogP contribution in [-0.4, -0.2) is 37.7 Å². The number of halogens is 1. The van der Waals surface area contributed by atoms with Gasteiger partial charge in [-0.15, -0.1) is 0 Å². The van der Waals surface area contributed by atoms with Gasteiger partial charge in [0.05, 0.1) is 6.10 Å². The van der Waals surface area contributed by atoms with E-state index in [9.17, 15) is 0 Å². The van der Waals surface area contributed by atoms with Gasteiger partial charge in [-0.25, -0.2) is 0 Å². The molecule has 3 rings (SSSR count). The van der Waals surface area contributed by atoms with Crippen LogP contribution in [0.15, 0.2) is 0 Å². The van der Waals surface area contributed by atoms with Crippen molar-refractivity contribution in [3.8, 4) is 0 Å². The number of likely N-dealkylation sites (N-methyl/N-ethyl adjacent to an activating group) is 1. The second-order valence-corrected chi connectivity index (χ2v) is 8.40. The molecule has 10 radical (unpaired) electrons. The van der Waals surface area contributed by atoms with Crippen LogP contribution in [0, 0.1) is 67.1 Å². The number of ether oxygens (including phenoxy) is 1.